The van der Waals surface area contributed by atoms with Gasteiger partial charge >= 0.3 is 5.97 Å². The Morgan fingerprint density at radius 1 is 1.30 bits per heavy atom. The molecule has 0 fully saturated rings. The largest absolute Gasteiger partial charge is 0.478 e. The molecule has 0 bridgehead atoms. The molecule has 0 aromatic heterocycles. The van der Waals surface area contributed by atoms with E-state index in [9.17, 15) is 13.2 Å². The number of hydrogen-bond acceptors (Lipinski definition) is 4. The molecule has 0 radical (unpaired) electrons. The Morgan fingerprint density at radius 3 is 2.40 bits per heavy atom. The molecule has 0 saturated carbocycles. The predicted molar refractivity (Wildman–Crippen MR) is 74.1 cm³/mol. The van der Waals surface area contributed by atoms with Gasteiger partial charge in [0.2, 0.25) is 10.0 Å². The van der Waals surface area contributed by atoms with E-state index >= 15 is 0 Å². The summed E-state index contributed by atoms with van der Waals surface area (Å²) >= 11 is 0. The van der Waals surface area contributed by atoms with Gasteiger partial charge < -0.3 is 10.2 Å². The van der Waals surface area contributed by atoms with E-state index in [2.05, 4.69) is 4.72 Å². The number of carboxylic acids is 1. The van der Waals surface area contributed by atoms with Gasteiger partial charge in [-0.1, -0.05) is 6.92 Å². The van der Waals surface area contributed by atoms with Crippen molar-refractivity contribution in [2.24, 2.45) is 5.92 Å². The number of aliphatic hydroxyl groups excluding tert-OH is 1. The van der Waals surface area contributed by atoms with Gasteiger partial charge in [0.15, 0.2) is 0 Å². The van der Waals surface area contributed by atoms with E-state index in [4.69, 9.17) is 10.2 Å². The Morgan fingerprint density at radius 2 is 1.90 bits per heavy atom. The molecule has 0 saturated heterocycles. The number of hydrogen-bond donors (Lipinski definition) is 3. The minimum Gasteiger partial charge on any atom is -0.478 e. The first-order valence-electron chi connectivity index (χ1n) is 6.30. The van der Waals surface area contributed by atoms with E-state index in [0.717, 1.165) is 6.42 Å². The first kappa shape index (κ1) is 16.6. The van der Waals surface area contributed by atoms with Gasteiger partial charge in [0.1, 0.15) is 0 Å². The lowest BCUT2D eigenvalue weighted by Crippen LogP contribution is -2.25. The van der Waals surface area contributed by atoms with E-state index < -0.39 is 16.0 Å². The van der Waals surface area contributed by atoms with Crippen molar-refractivity contribution in [2.45, 2.75) is 24.7 Å². The topological polar surface area (TPSA) is 104 Å². The summed E-state index contributed by atoms with van der Waals surface area (Å²) in [5.41, 5.74) is 0.0423. The fraction of sp³-hybridized carbons (Fsp3) is 0.462. The van der Waals surface area contributed by atoms with Crippen molar-refractivity contribution in [3.63, 3.8) is 0 Å². The molecular weight excluding hydrogens is 282 g/mol. The zero-order chi connectivity index (χ0) is 15.2. The SMILES string of the molecule is CC(CO)CCCNS(=O)(=O)c1ccc(C(=O)O)cc1. The summed E-state index contributed by atoms with van der Waals surface area (Å²) in [5.74, 6) is -0.950. The van der Waals surface area contributed by atoms with Gasteiger partial charge in [-0.3, -0.25) is 0 Å². The molecule has 0 aliphatic rings. The van der Waals surface area contributed by atoms with E-state index in [0.29, 0.717) is 6.42 Å². The molecule has 0 amide bonds. The van der Waals surface area contributed by atoms with Crippen molar-refractivity contribution < 1.29 is 23.4 Å². The van der Waals surface area contributed by atoms with Gasteiger partial charge in [-0.05, 0) is 43.0 Å². The number of nitrogens with one attached hydrogen (secondary N) is 1. The summed E-state index contributed by atoms with van der Waals surface area (Å²) in [6.07, 6.45) is 1.37. The first-order valence-corrected chi connectivity index (χ1v) is 7.79. The van der Waals surface area contributed by atoms with Crippen LogP contribution in [0.2, 0.25) is 0 Å². The molecule has 0 heterocycles. The van der Waals surface area contributed by atoms with Gasteiger partial charge in [-0.25, -0.2) is 17.9 Å². The Labute approximate surface area is 118 Å². The Kier molecular flexibility index (Phi) is 6.12. The third-order valence-corrected chi connectivity index (χ3v) is 4.37. The second kappa shape index (κ2) is 7.37. The van der Waals surface area contributed by atoms with Crippen molar-refractivity contribution >= 4 is 16.0 Å². The van der Waals surface area contributed by atoms with Crippen LogP contribution in [0.5, 0.6) is 0 Å². The lowest BCUT2D eigenvalue weighted by molar-refractivity contribution is 0.0696. The number of aliphatic hydroxyl groups is 1. The number of carboxylic acid groups (broad SMARTS) is 1. The zero-order valence-corrected chi connectivity index (χ0v) is 12.1. The highest BCUT2D eigenvalue weighted by molar-refractivity contribution is 7.89. The molecule has 7 heteroatoms. The Balaban J connectivity index is 2.58. The van der Waals surface area contributed by atoms with E-state index in [1.54, 1.807) is 0 Å². The van der Waals surface area contributed by atoms with Crippen molar-refractivity contribution in [1.82, 2.24) is 4.72 Å². The lowest BCUT2D eigenvalue weighted by atomic mass is 10.1. The zero-order valence-electron chi connectivity index (χ0n) is 11.2. The standard InChI is InChI=1S/C13H19NO5S/c1-10(9-15)3-2-8-14-20(18,19)12-6-4-11(5-7-12)13(16)17/h4-7,10,14-15H,2-3,8-9H2,1H3,(H,16,17). The van der Waals surface area contributed by atoms with Crippen molar-refractivity contribution in [2.75, 3.05) is 13.2 Å². The summed E-state index contributed by atoms with van der Waals surface area (Å²) < 4.78 is 26.3. The van der Waals surface area contributed by atoms with Crippen LogP contribution in [0, 0.1) is 5.92 Å². The monoisotopic (exact) mass is 301 g/mol. The molecule has 1 rings (SSSR count). The molecule has 0 aliphatic heterocycles. The van der Waals surface area contributed by atoms with Crippen LogP contribution in [0.3, 0.4) is 0 Å². The van der Waals surface area contributed by atoms with Gasteiger partial charge in [0, 0.05) is 13.2 Å². The molecule has 3 N–H and O–H groups in total. The number of benzene rings is 1. The Bertz CT molecular complexity index is 538. The van der Waals surface area contributed by atoms with Crippen LogP contribution in [0.15, 0.2) is 29.2 Å². The third kappa shape index (κ3) is 4.92. The molecule has 1 atom stereocenters. The maximum Gasteiger partial charge on any atom is 0.335 e. The second-order valence-corrected chi connectivity index (χ2v) is 6.42. The number of sulfonamides is 1. The van der Waals surface area contributed by atoms with Gasteiger partial charge in [0.05, 0.1) is 10.5 Å². The highest BCUT2D eigenvalue weighted by Crippen LogP contribution is 2.11. The lowest BCUT2D eigenvalue weighted by Gasteiger charge is -2.09. The van der Waals surface area contributed by atoms with Crippen LogP contribution < -0.4 is 4.72 Å². The van der Waals surface area contributed by atoms with Crippen LogP contribution in [0.4, 0.5) is 0 Å². The quantitative estimate of drug-likeness (QED) is 0.623. The summed E-state index contributed by atoms with van der Waals surface area (Å²) in [7, 11) is -3.61. The van der Waals surface area contributed by atoms with Crippen molar-refractivity contribution in [3.8, 4) is 0 Å². The number of rotatable bonds is 8. The number of carbonyl (C=O) groups is 1. The average molecular weight is 301 g/mol. The fourth-order valence-corrected chi connectivity index (χ4v) is 2.68. The highest BCUT2D eigenvalue weighted by Gasteiger charge is 2.14. The molecule has 1 unspecified atom stereocenters. The molecule has 0 aliphatic carbocycles. The van der Waals surface area contributed by atoms with E-state index in [1.165, 1.54) is 24.3 Å². The van der Waals surface area contributed by atoms with Crippen LogP contribution >= 0.6 is 0 Å². The van der Waals surface area contributed by atoms with Crippen molar-refractivity contribution in [1.29, 1.82) is 0 Å². The van der Waals surface area contributed by atoms with Gasteiger partial charge in [-0.15, -0.1) is 0 Å². The summed E-state index contributed by atoms with van der Waals surface area (Å²) in [6.45, 7) is 2.26. The van der Waals surface area contributed by atoms with Crippen LogP contribution in [0.25, 0.3) is 0 Å². The maximum atomic E-state index is 11.9. The molecule has 20 heavy (non-hydrogen) atoms. The normalized spacial score (nSPS) is 13.1. The minimum absolute atomic E-state index is 0.0395. The third-order valence-electron chi connectivity index (χ3n) is 2.89. The van der Waals surface area contributed by atoms with Crippen molar-refractivity contribution in [3.05, 3.63) is 29.8 Å². The predicted octanol–water partition coefficient (Wildman–Crippen LogP) is 1.07. The number of aromatic carboxylic acids is 1. The molecule has 1 aromatic carbocycles. The van der Waals surface area contributed by atoms with E-state index in [1.807, 2.05) is 6.92 Å². The minimum atomic E-state index is -3.61. The molecule has 6 nitrogen and oxygen atoms in total. The Hall–Kier alpha value is -1.44. The summed E-state index contributed by atoms with van der Waals surface area (Å²) in [4.78, 5) is 10.7. The molecule has 1 aromatic rings. The highest BCUT2D eigenvalue weighted by atomic mass is 32.2. The fourth-order valence-electron chi connectivity index (χ4n) is 1.61. The first-order chi connectivity index (χ1) is 9.36. The smallest absolute Gasteiger partial charge is 0.335 e. The van der Waals surface area contributed by atoms with Crippen LogP contribution in [-0.4, -0.2) is 37.8 Å². The summed E-state index contributed by atoms with van der Waals surface area (Å²) in [6, 6.07) is 5.04. The molecular formula is C13H19NO5S. The van der Waals surface area contributed by atoms with Gasteiger partial charge in [0.25, 0.3) is 0 Å². The van der Waals surface area contributed by atoms with E-state index in [-0.39, 0.29) is 29.5 Å². The van der Waals surface area contributed by atoms with Crippen LogP contribution in [0.1, 0.15) is 30.1 Å². The maximum absolute atomic E-state index is 11.9. The second-order valence-electron chi connectivity index (χ2n) is 4.66. The molecule has 112 valence electrons. The average Bonchev–Trinajstić information content (AvgIpc) is 2.43. The van der Waals surface area contributed by atoms with Crippen LogP contribution in [-0.2, 0) is 10.0 Å². The van der Waals surface area contributed by atoms with Gasteiger partial charge in [-0.2, -0.15) is 0 Å². The molecule has 0 spiro atoms. The summed E-state index contributed by atoms with van der Waals surface area (Å²) in [5, 5.41) is 17.6.